The molecule has 118 valence electrons. The second-order valence-corrected chi connectivity index (χ2v) is 4.75. The van der Waals surface area contributed by atoms with Crippen LogP contribution < -0.4 is 10.6 Å². The molecule has 0 amide bonds. The second-order valence-electron chi connectivity index (χ2n) is 4.75. The molecule has 0 aliphatic rings. The lowest BCUT2D eigenvalue weighted by Crippen LogP contribution is -2.11. The molecule has 0 bridgehead atoms. The molecule has 0 aliphatic carbocycles. The summed E-state index contributed by atoms with van der Waals surface area (Å²) < 4.78 is 12.9. The molecule has 2 aromatic heterocycles. The summed E-state index contributed by atoms with van der Waals surface area (Å²) in [5.74, 6) is 0.600. The summed E-state index contributed by atoms with van der Waals surface area (Å²) in [6.07, 6.45) is 3.11. The lowest BCUT2D eigenvalue weighted by atomic mass is 10.2. The van der Waals surface area contributed by atoms with Gasteiger partial charge in [-0.25, -0.2) is 14.4 Å². The number of nitrogens with one attached hydrogen (secondary N) is 2. The molecule has 7 nitrogen and oxygen atoms in total. The van der Waals surface area contributed by atoms with Crippen molar-refractivity contribution in [2.45, 2.75) is 6.54 Å². The van der Waals surface area contributed by atoms with Crippen molar-refractivity contribution in [2.24, 2.45) is 0 Å². The zero-order valence-corrected chi connectivity index (χ0v) is 12.2. The SMILES string of the molecule is OCCNc1nc(NCc2ccc(F)cc2)nc2nccnc12. The molecule has 0 aliphatic heterocycles. The average Bonchev–Trinajstić information content (AvgIpc) is 2.59. The first kappa shape index (κ1) is 15.0. The Bertz CT molecular complexity index is 796. The first-order chi connectivity index (χ1) is 11.3. The number of halogens is 1. The Morgan fingerprint density at radius 1 is 1.00 bits per heavy atom. The van der Waals surface area contributed by atoms with Gasteiger partial charge in [-0.15, -0.1) is 0 Å². The van der Waals surface area contributed by atoms with Crippen molar-refractivity contribution >= 4 is 22.9 Å². The van der Waals surface area contributed by atoms with E-state index in [1.165, 1.54) is 12.1 Å². The van der Waals surface area contributed by atoms with Crippen molar-refractivity contribution in [3.8, 4) is 0 Å². The van der Waals surface area contributed by atoms with Crippen molar-refractivity contribution in [1.82, 2.24) is 19.9 Å². The highest BCUT2D eigenvalue weighted by molar-refractivity contribution is 5.83. The van der Waals surface area contributed by atoms with Gasteiger partial charge in [0.05, 0.1) is 6.61 Å². The summed E-state index contributed by atoms with van der Waals surface area (Å²) in [6.45, 7) is 0.773. The monoisotopic (exact) mass is 314 g/mol. The van der Waals surface area contributed by atoms with Crippen molar-refractivity contribution in [3.05, 3.63) is 48.0 Å². The smallest absolute Gasteiger partial charge is 0.227 e. The molecule has 23 heavy (non-hydrogen) atoms. The van der Waals surface area contributed by atoms with Crippen LogP contribution in [0.4, 0.5) is 16.2 Å². The van der Waals surface area contributed by atoms with Gasteiger partial charge in [-0.1, -0.05) is 12.1 Å². The highest BCUT2D eigenvalue weighted by Crippen LogP contribution is 2.18. The maximum atomic E-state index is 12.9. The van der Waals surface area contributed by atoms with E-state index in [-0.39, 0.29) is 12.4 Å². The molecule has 0 spiro atoms. The number of fused-ring (bicyclic) bond motifs is 1. The normalized spacial score (nSPS) is 10.7. The van der Waals surface area contributed by atoms with Gasteiger partial charge in [0.25, 0.3) is 0 Å². The van der Waals surface area contributed by atoms with Gasteiger partial charge in [0.15, 0.2) is 17.0 Å². The van der Waals surface area contributed by atoms with E-state index in [1.807, 2.05) is 0 Å². The molecule has 3 N–H and O–H groups in total. The summed E-state index contributed by atoms with van der Waals surface area (Å²) >= 11 is 0. The third kappa shape index (κ3) is 3.67. The zero-order valence-electron chi connectivity index (χ0n) is 12.2. The molecule has 0 radical (unpaired) electrons. The Morgan fingerprint density at radius 2 is 1.78 bits per heavy atom. The van der Waals surface area contributed by atoms with E-state index < -0.39 is 0 Å². The zero-order chi connectivity index (χ0) is 16.1. The third-order valence-electron chi connectivity index (χ3n) is 3.10. The highest BCUT2D eigenvalue weighted by atomic mass is 19.1. The van der Waals surface area contributed by atoms with E-state index in [0.29, 0.717) is 36.0 Å². The third-order valence-corrected chi connectivity index (χ3v) is 3.10. The predicted molar refractivity (Wildman–Crippen MR) is 84.4 cm³/mol. The number of benzene rings is 1. The predicted octanol–water partition coefficient (Wildman–Crippen LogP) is 1.58. The molecule has 0 unspecified atom stereocenters. The Kier molecular flexibility index (Phi) is 4.53. The maximum absolute atomic E-state index is 12.9. The summed E-state index contributed by atoms with van der Waals surface area (Å²) in [7, 11) is 0. The van der Waals surface area contributed by atoms with Crippen LogP contribution in [0.3, 0.4) is 0 Å². The molecule has 2 heterocycles. The fourth-order valence-electron chi connectivity index (χ4n) is 2.02. The Morgan fingerprint density at radius 3 is 2.57 bits per heavy atom. The standard InChI is InChI=1S/C15H15FN6O/c16-11-3-1-10(2-4-11)9-20-15-21-13-12(17-5-6-18-13)14(22-15)19-7-8-23/h1-6,23H,7-9H2,(H2,18,19,20,21,22). The van der Waals surface area contributed by atoms with Crippen molar-refractivity contribution in [2.75, 3.05) is 23.8 Å². The lowest BCUT2D eigenvalue weighted by Gasteiger charge is -2.10. The van der Waals surface area contributed by atoms with Gasteiger partial charge in [0.2, 0.25) is 5.95 Å². The van der Waals surface area contributed by atoms with Crippen LogP contribution in [0.15, 0.2) is 36.7 Å². The number of aliphatic hydroxyl groups is 1. The van der Waals surface area contributed by atoms with Crippen molar-refractivity contribution in [3.63, 3.8) is 0 Å². The molecule has 0 saturated carbocycles. The van der Waals surface area contributed by atoms with Gasteiger partial charge in [-0.3, -0.25) is 0 Å². The van der Waals surface area contributed by atoms with E-state index in [0.717, 1.165) is 5.56 Å². The number of aliphatic hydroxyl groups excluding tert-OH is 1. The van der Waals surface area contributed by atoms with Crippen LogP contribution in [-0.2, 0) is 6.54 Å². The Balaban J connectivity index is 1.83. The number of hydrogen-bond acceptors (Lipinski definition) is 7. The molecular formula is C15H15FN6O. The fraction of sp³-hybridized carbons (Fsp3) is 0.200. The van der Waals surface area contributed by atoms with E-state index in [4.69, 9.17) is 5.11 Å². The number of aromatic nitrogens is 4. The molecule has 3 aromatic rings. The van der Waals surface area contributed by atoms with Gasteiger partial charge >= 0.3 is 0 Å². The summed E-state index contributed by atoms with van der Waals surface area (Å²) in [5.41, 5.74) is 1.89. The average molecular weight is 314 g/mol. The quantitative estimate of drug-likeness (QED) is 0.635. The Labute approximate surface area is 131 Å². The van der Waals surface area contributed by atoms with Gasteiger partial charge in [0.1, 0.15) is 5.82 Å². The van der Waals surface area contributed by atoms with E-state index in [1.54, 1.807) is 24.5 Å². The second kappa shape index (κ2) is 6.93. The molecule has 3 rings (SSSR count). The van der Waals surface area contributed by atoms with Crippen LogP contribution in [0, 0.1) is 5.82 Å². The number of nitrogens with zero attached hydrogens (tertiary/aromatic N) is 4. The van der Waals surface area contributed by atoms with Gasteiger partial charge in [-0.05, 0) is 17.7 Å². The van der Waals surface area contributed by atoms with Crippen LogP contribution in [0.25, 0.3) is 11.2 Å². The molecule has 1 aromatic carbocycles. The largest absolute Gasteiger partial charge is 0.395 e. The summed E-state index contributed by atoms with van der Waals surface area (Å²) in [5, 5.41) is 15.0. The van der Waals surface area contributed by atoms with Crippen LogP contribution in [0.5, 0.6) is 0 Å². The number of anilines is 2. The van der Waals surface area contributed by atoms with E-state index >= 15 is 0 Å². The van der Waals surface area contributed by atoms with Gasteiger partial charge in [0, 0.05) is 25.5 Å². The van der Waals surface area contributed by atoms with Crippen LogP contribution in [0.2, 0.25) is 0 Å². The van der Waals surface area contributed by atoms with Crippen molar-refractivity contribution in [1.29, 1.82) is 0 Å². The van der Waals surface area contributed by atoms with Gasteiger partial charge in [-0.2, -0.15) is 9.97 Å². The fourth-order valence-corrected chi connectivity index (χ4v) is 2.02. The first-order valence-electron chi connectivity index (χ1n) is 7.08. The van der Waals surface area contributed by atoms with Crippen LogP contribution in [0.1, 0.15) is 5.56 Å². The first-order valence-corrected chi connectivity index (χ1v) is 7.08. The maximum Gasteiger partial charge on any atom is 0.227 e. The minimum absolute atomic E-state index is 0.0237. The van der Waals surface area contributed by atoms with Gasteiger partial charge < -0.3 is 15.7 Å². The minimum Gasteiger partial charge on any atom is -0.395 e. The molecule has 0 saturated heterocycles. The summed E-state index contributed by atoms with van der Waals surface area (Å²) in [6, 6.07) is 6.18. The molecule has 0 atom stereocenters. The minimum atomic E-state index is -0.276. The molecule has 0 fully saturated rings. The van der Waals surface area contributed by atoms with Crippen LogP contribution in [-0.4, -0.2) is 38.2 Å². The number of hydrogen-bond donors (Lipinski definition) is 3. The van der Waals surface area contributed by atoms with E-state index in [9.17, 15) is 4.39 Å². The van der Waals surface area contributed by atoms with Crippen LogP contribution >= 0.6 is 0 Å². The highest BCUT2D eigenvalue weighted by Gasteiger charge is 2.09. The molecular weight excluding hydrogens is 299 g/mol. The van der Waals surface area contributed by atoms with Crippen molar-refractivity contribution < 1.29 is 9.50 Å². The lowest BCUT2D eigenvalue weighted by molar-refractivity contribution is 0.311. The summed E-state index contributed by atoms with van der Waals surface area (Å²) in [4.78, 5) is 17.0. The van der Waals surface area contributed by atoms with E-state index in [2.05, 4.69) is 30.6 Å². The topological polar surface area (TPSA) is 95.8 Å². The molecule has 8 heteroatoms. The Hall–Kier alpha value is -2.87. The number of rotatable bonds is 6.